The van der Waals surface area contributed by atoms with Crippen molar-refractivity contribution in [3.05, 3.63) is 29.8 Å². The van der Waals surface area contributed by atoms with Crippen molar-refractivity contribution in [2.75, 3.05) is 11.1 Å². The largest absolute Gasteiger partial charge is 0.392 e. The third-order valence-corrected chi connectivity index (χ3v) is 4.17. The SMILES string of the molecule is Cc1ccccc1NC(=O)CCS[C@H](C)[C@@H](C)O. The molecule has 1 amide bonds. The van der Waals surface area contributed by atoms with Crippen LogP contribution in [0, 0.1) is 6.92 Å². The van der Waals surface area contributed by atoms with Crippen LogP contribution in [0.1, 0.15) is 25.8 Å². The van der Waals surface area contributed by atoms with E-state index in [4.69, 9.17) is 0 Å². The quantitative estimate of drug-likeness (QED) is 0.833. The number of anilines is 1. The van der Waals surface area contributed by atoms with Crippen molar-refractivity contribution < 1.29 is 9.90 Å². The predicted molar refractivity (Wildman–Crippen MR) is 78.0 cm³/mol. The number of hydrogen-bond donors (Lipinski definition) is 2. The van der Waals surface area contributed by atoms with Crippen LogP contribution in [0.5, 0.6) is 0 Å². The van der Waals surface area contributed by atoms with Gasteiger partial charge in [-0.05, 0) is 25.5 Å². The van der Waals surface area contributed by atoms with E-state index in [2.05, 4.69) is 5.32 Å². The first kappa shape index (κ1) is 15.1. The van der Waals surface area contributed by atoms with Crippen molar-refractivity contribution in [1.29, 1.82) is 0 Å². The average Bonchev–Trinajstić information content (AvgIpc) is 2.32. The number of para-hydroxylation sites is 1. The maximum atomic E-state index is 11.7. The van der Waals surface area contributed by atoms with Gasteiger partial charge in [-0.25, -0.2) is 0 Å². The smallest absolute Gasteiger partial charge is 0.225 e. The summed E-state index contributed by atoms with van der Waals surface area (Å²) in [7, 11) is 0. The lowest BCUT2D eigenvalue weighted by Crippen LogP contribution is -2.18. The third kappa shape index (κ3) is 5.10. The molecule has 0 aliphatic carbocycles. The van der Waals surface area contributed by atoms with Crippen molar-refractivity contribution in [2.24, 2.45) is 0 Å². The molecule has 100 valence electrons. The molecule has 18 heavy (non-hydrogen) atoms. The predicted octanol–water partition coefficient (Wildman–Crippen LogP) is 2.83. The van der Waals surface area contributed by atoms with Gasteiger partial charge in [0.1, 0.15) is 0 Å². The monoisotopic (exact) mass is 267 g/mol. The lowest BCUT2D eigenvalue weighted by Gasteiger charge is -2.13. The van der Waals surface area contributed by atoms with Crippen LogP contribution in [0.15, 0.2) is 24.3 Å². The van der Waals surface area contributed by atoms with Gasteiger partial charge >= 0.3 is 0 Å². The Kier molecular flexibility index (Phi) is 6.22. The van der Waals surface area contributed by atoms with Crippen LogP contribution in [0.4, 0.5) is 5.69 Å². The minimum atomic E-state index is -0.338. The Hall–Kier alpha value is -1.000. The fourth-order valence-electron chi connectivity index (χ4n) is 1.40. The van der Waals surface area contributed by atoms with Crippen molar-refractivity contribution in [3.63, 3.8) is 0 Å². The van der Waals surface area contributed by atoms with Gasteiger partial charge in [0, 0.05) is 23.1 Å². The van der Waals surface area contributed by atoms with Gasteiger partial charge in [0.2, 0.25) is 5.91 Å². The number of benzene rings is 1. The molecule has 3 nitrogen and oxygen atoms in total. The standard InChI is InChI=1S/C14H21NO2S/c1-10-6-4-5-7-13(10)15-14(17)8-9-18-12(3)11(2)16/h4-7,11-12,16H,8-9H2,1-3H3,(H,15,17)/t11-,12-/m1/s1. The van der Waals surface area contributed by atoms with E-state index in [1.54, 1.807) is 18.7 Å². The molecule has 0 spiro atoms. The molecule has 1 aromatic rings. The number of amides is 1. The van der Waals surface area contributed by atoms with Crippen molar-refractivity contribution in [1.82, 2.24) is 0 Å². The van der Waals surface area contributed by atoms with Gasteiger partial charge in [0.05, 0.1) is 6.10 Å². The number of aryl methyl sites for hydroxylation is 1. The summed E-state index contributed by atoms with van der Waals surface area (Å²) in [5, 5.41) is 12.4. The van der Waals surface area contributed by atoms with Crippen molar-refractivity contribution in [3.8, 4) is 0 Å². The van der Waals surface area contributed by atoms with Crippen LogP contribution in [0.3, 0.4) is 0 Å². The van der Waals surface area contributed by atoms with Crippen LogP contribution in [0.25, 0.3) is 0 Å². The van der Waals surface area contributed by atoms with Crippen LogP contribution < -0.4 is 5.32 Å². The van der Waals surface area contributed by atoms with E-state index in [-0.39, 0.29) is 17.3 Å². The Bertz CT molecular complexity index is 393. The maximum absolute atomic E-state index is 11.7. The van der Waals surface area contributed by atoms with Gasteiger partial charge in [-0.3, -0.25) is 4.79 Å². The second-order valence-electron chi connectivity index (χ2n) is 4.43. The zero-order chi connectivity index (χ0) is 13.5. The molecule has 1 aromatic carbocycles. The third-order valence-electron chi connectivity index (χ3n) is 2.81. The second-order valence-corrected chi connectivity index (χ2v) is 5.91. The van der Waals surface area contributed by atoms with Crippen molar-refractivity contribution >= 4 is 23.4 Å². The summed E-state index contributed by atoms with van der Waals surface area (Å²) < 4.78 is 0. The molecule has 0 aliphatic heterocycles. The summed E-state index contributed by atoms with van der Waals surface area (Å²) in [4.78, 5) is 11.7. The first-order valence-corrected chi connectivity index (χ1v) is 7.20. The van der Waals surface area contributed by atoms with E-state index in [0.717, 1.165) is 17.0 Å². The number of carbonyl (C=O) groups excluding carboxylic acids is 1. The van der Waals surface area contributed by atoms with Crippen LogP contribution >= 0.6 is 11.8 Å². The van der Waals surface area contributed by atoms with Crippen molar-refractivity contribution in [2.45, 2.75) is 38.5 Å². The molecule has 0 aromatic heterocycles. The highest BCUT2D eigenvalue weighted by Gasteiger charge is 2.10. The number of aliphatic hydroxyl groups is 1. The number of nitrogens with one attached hydrogen (secondary N) is 1. The molecule has 0 aliphatic rings. The van der Waals surface area contributed by atoms with Gasteiger partial charge in [0.25, 0.3) is 0 Å². The Balaban J connectivity index is 2.33. The normalized spacial score (nSPS) is 14.0. The molecule has 2 atom stereocenters. The summed E-state index contributed by atoms with van der Waals surface area (Å²) in [6.45, 7) is 5.71. The topological polar surface area (TPSA) is 49.3 Å². The Morgan fingerprint density at radius 3 is 2.67 bits per heavy atom. The molecule has 2 N–H and O–H groups in total. The summed E-state index contributed by atoms with van der Waals surface area (Å²) in [5.74, 6) is 0.749. The zero-order valence-corrected chi connectivity index (χ0v) is 12.0. The highest BCUT2D eigenvalue weighted by atomic mass is 32.2. The lowest BCUT2D eigenvalue weighted by molar-refractivity contribution is -0.115. The molecular formula is C14H21NO2S. The summed E-state index contributed by atoms with van der Waals surface area (Å²) in [6.07, 6.45) is 0.130. The van der Waals surface area contributed by atoms with E-state index in [9.17, 15) is 9.90 Å². The molecule has 0 saturated heterocycles. The van der Waals surface area contributed by atoms with Gasteiger partial charge in [-0.2, -0.15) is 11.8 Å². The first-order chi connectivity index (χ1) is 8.50. The number of thioether (sulfide) groups is 1. The maximum Gasteiger partial charge on any atom is 0.225 e. The molecule has 4 heteroatoms. The number of hydrogen-bond acceptors (Lipinski definition) is 3. The molecule has 0 unspecified atom stereocenters. The first-order valence-electron chi connectivity index (χ1n) is 6.16. The minimum absolute atomic E-state index is 0.0228. The van der Waals surface area contributed by atoms with Crippen LogP contribution in [-0.4, -0.2) is 28.1 Å². The molecule has 0 saturated carbocycles. The van der Waals surface area contributed by atoms with E-state index in [1.807, 2.05) is 38.1 Å². The fraction of sp³-hybridized carbons (Fsp3) is 0.500. The number of aliphatic hydroxyl groups excluding tert-OH is 1. The Labute approximate surface area is 113 Å². The molecule has 0 fully saturated rings. The lowest BCUT2D eigenvalue weighted by atomic mass is 10.2. The van der Waals surface area contributed by atoms with Gasteiger partial charge in [-0.1, -0.05) is 25.1 Å². The summed E-state index contributed by atoms with van der Waals surface area (Å²) in [6, 6.07) is 7.73. The number of carbonyl (C=O) groups is 1. The molecule has 0 heterocycles. The van der Waals surface area contributed by atoms with E-state index in [1.165, 1.54) is 0 Å². The van der Waals surface area contributed by atoms with Gasteiger partial charge in [-0.15, -0.1) is 0 Å². The highest BCUT2D eigenvalue weighted by Crippen LogP contribution is 2.17. The molecule has 0 bridgehead atoms. The van der Waals surface area contributed by atoms with E-state index >= 15 is 0 Å². The van der Waals surface area contributed by atoms with Crippen LogP contribution in [-0.2, 0) is 4.79 Å². The fourth-order valence-corrected chi connectivity index (χ4v) is 2.36. The average molecular weight is 267 g/mol. The van der Waals surface area contributed by atoms with E-state index in [0.29, 0.717) is 6.42 Å². The molecule has 0 radical (unpaired) electrons. The van der Waals surface area contributed by atoms with Crippen LogP contribution in [0.2, 0.25) is 0 Å². The van der Waals surface area contributed by atoms with Gasteiger partial charge < -0.3 is 10.4 Å². The summed E-state index contributed by atoms with van der Waals surface area (Å²) >= 11 is 1.62. The second kappa shape index (κ2) is 7.44. The zero-order valence-electron chi connectivity index (χ0n) is 11.1. The molecular weight excluding hydrogens is 246 g/mol. The Morgan fingerprint density at radius 2 is 2.06 bits per heavy atom. The molecule has 1 rings (SSSR count). The Morgan fingerprint density at radius 1 is 1.39 bits per heavy atom. The van der Waals surface area contributed by atoms with E-state index < -0.39 is 0 Å². The minimum Gasteiger partial charge on any atom is -0.392 e. The number of rotatable bonds is 6. The van der Waals surface area contributed by atoms with Gasteiger partial charge in [0.15, 0.2) is 0 Å². The highest BCUT2D eigenvalue weighted by molar-refractivity contribution is 7.99. The summed E-state index contributed by atoms with van der Waals surface area (Å²) in [5.41, 5.74) is 1.94.